The van der Waals surface area contributed by atoms with Gasteiger partial charge in [-0.25, -0.2) is 4.98 Å². The summed E-state index contributed by atoms with van der Waals surface area (Å²) in [5, 5.41) is 6.92. The van der Waals surface area contributed by atoms with E-state index >= 15 is 0 Å². The summed E-state index contributed by atoms with van der Waals surface area (Å²) in [6.07, 6.45) is 13.9. The van der Waals surface area contributed by atoms with Gasteiger partial charge < -0.3 is 20.4 Å². The summed E-state index contributed by atoms with van der Waals surface area (Å²) in [6, 6.07) is 4.33. The lowest BCUT2D eigenvalue weighted by Gasteiger charge is -2.22. The van der Waals surface area contributed by atoms with Crippen LogP contribution >= 0.6 is 0 Å². The normalized spacial score (nSPS) is 19.5. The van der Waals surface area contributed by atoms with Crippen LogP contribution in [-0.4, -0.2) is 62.2 Å². The highest BCUT2D eigenvalue weighted by atomic mass is 15.2. The van der Waals surface area contributed by atoms with E-state index in [1.807, 2.05) is 13.2 Å². The molecule has 0 aromatic carbocycles. The van der Waals surface area contributed by atoms with Gasteiger partial charge in [0, 0.05) is 39.4 Å². The molecule has 0 saturated carbocycles. The number of guanidine groups is 1. The quantitative estimate of drug-likeness (QED) is 0.417. The number of rotatable bonds is 7. The molecule has 1 aromatic rings. The molecule has 0 amide bonds. The molecule has 2 N–H and O–H groups in total. The summed E-state index contributed by atoms with van der Waals surface area (Å²) in [5.41, 5.74) is 1.26. The molecule has 0 unspecified atom stereocenters. The molecule has 3 heterocycles. The average molecular weight is 401 g/mol. The Bertz CT molecular complexity index is 601. The first-order chi connectivity index (χ1) is 14.3. The molecule has 2 aliphatic heterocycles. The Hall–Kier alpha value is -1.82. The van der Waals surface area contributed by atoms with Gasteiger partial charge in [-0.05, 0) is 69.4 Å². The summed E-state index contributed by atoms with van der Waals surface area (Å²) in [4.78, 5) is 14.0. The van der Waals surface area contributed by atoms with Crippen molar-refractivity contribution < 1.29 is 0 Å². The van der Waals surface area contributed by atoms with Gasteiger partial charge >= 0.3 is 0 Å². The van der Waals surface area contributed by atoms with E-state index in [-0.39, 0.29) is 0 Å². The van der Waals surface area contributed by atoms with Crippen LogP contribution < -0.4 is 15.5 Å². The average Bonchev–Trinajstić information content (AvgIpc) is 3.19. The molecule has 0 radical (unpaired) electrons. The second kappa shape index (κ2) is 12.7. The zero-order valence-electron chi connectivity index (χ0n) is 18.3. The number of anilines is 1. The van der Waals surface area contributed by atoms with E-state index < -0.39 is 0 Å². The first kappa shape index (κ1) is 21.9. The number of aromatic nitrogens is 1. The van der Waals surface area contributed by atoms with Crippen LogP contribution in [0.5, 0.6) is 0 Å². The molecule has 0 aliphatic carbocycles. The van der Waals surface area contributed by atoms with Gasteiger partial charge in [0.1, 0.15) is 5.82 Å². The topological polar surface area (TPSA) is 55.8 Å². The molecular weight excluding hydrogens is 360 g/mol. The minimum absolute atomic E-state index is 0.773. The molecule has 0 bridgehead atoms. The number of aliphatic imine (C=N–C) groups is 1. The van der Waals surface area contributed by atoms with Gasteiger partial charge in [0.25, 0.3) is 0 Å². The van der Waals surface area contributed by atoms with Crippen molar-refractivity contribution in [3.8, 4) is 0 Å². The molecule has 1 aromatic heterocycles. The minimum Gasteiger partial charge on any atom is -0.357 e. The third-order valence-electron chi connectivity index (χ3n) is 6.07. The predicted octanol–water partition coefficient (Wildman–Crippen LogP) is 3.39. The van der Waals surface area contributed by atoms with Gasteiger partial charge in [0.15, 0.2) is 5.96 Å². The molecular formula is C23H40N6. The predicted molar refractivity (Wildman–Crippen MR) is 123 cm³/mol. The summed E-state index contributed by atoms with van der Waals surface area (Å²) >= 11 is 0. The van der Waals surface area contributed by atoms with Crippen LogP contribution in [0.2, 0.25) is 0 Å². The van der Waals surface area contributed by atoms with E-state index in [0.717, 1.165) is 44.4 Å². The van der Waals surface area contributed by atoms with Crippen molar-refractivity contribution in [1.82, 2.24) is 20.5 Å². The number of hydrogen-bond acceptors (Lipinski definition) is 4. The Balaban J connectivity index is 1.39. The van der Waals surface area contributed by atoms with Gasteiger partial charge in [-0.3, -0.25) is 4.99 Å². The third kappa shape index (κ3) is 7.84. The second-order valence-electron chi connectivity index (χ2n) is 8.39. The number of hydrogen-bond donors (Lipinski definition) is 2. The third-order valence-corrected chi connectivity index (χ3v) is 6.07. The first-order valence-electron chi connectivity index (χ1n) is 11.7. The van der Waals surface area contributed by atoms with Crippen molar-refractivity contribution >= 4 is 11.8 Å². The number of likely N-dealkylation sites (tertiary alicyclic amines) is 1. The van der Waals surface area contributed by atoms with Gasteiger partial charge in [-0.15, -0.1) is 0 Å². The van der Waals surface area contributed by atoms with Crippen molar-refractivity contribution in [3.63, 3.8) is 0 Å². The van der Waals surface area contributed by atoms with E-state index in [0.29, 0.717) is 0 Å². The minimum atomic E-state index is 0.773. The molecule has 29 heavy (non-hydrogen) atoms. The zero-order chi connectivity index (χ0) is 20.2. The Kier molecular flexibility index (Phi) is 9.57. The van der Waals surface area contributed by atoms with E-state index in [1.54, 1.807) is 0 Å². The van der Waals surface area contributed by atoms with Gasteiger partial charge in [0.05, 0.1) is 0 Å². The maximum Gasteiger partial charge on any atom is 0.191 e. The number of nitrogens with one attached hydrogen (secondary N) is 2. The van der Waals surface area contributed by atoms with E-state index in [4.69, 9.17) is 0 Å². The van der Waals surface area contributed by atoms with E-state index in [1.165, 1.54) is 76.6 Å². The Labute approximate surface area is 177 Å². The molecule has 0 atom stereocenters. The number of nitrogens with zero attached hydrogens (tertiary/aromatic N) is 4. The van der Waals surface area contributed by atoms with Gasteiger partial charge in [-0.1, -0.05) is 25.7 Å². The fourth-order valence-corrected chi connectivity index (χ4v) is 4.32. The summed E-state index contributed by atoms with van der Waals surface area (Å²) < 4.78 is 0. The second-order valence-corrected chi connectivity index (χ2v) is 8.39. The Morgan fingerprint density at radius 2 is 1.66 bits per heavy atom. The van der Waals surface area contributed by atoms with Gasteiger partial charge in [0.2, 0.25) is 0 Å². The summed E-state index contributed by atoms with van der Waals surface area (Å²) in [5.74, 6) is 2.00. The fraction of sp³-hybridized carbons (Fsp3) is 0.739. The van der Waals surface area contributed by atoms with E-state index in [9.17, 15) is 0 Å². The molecule has 6 heteroatoms. The van der Waals surface area contributed by atoms with Crippen LogP contribution in [0.25, 0.3) is 0 Å². The molecule has 162 valence electrons. The molecule has 2 fully saturated rings. The van der Waals surface area contributed by atoms with Crippen LogP contribution in [0.4, 0.5) is 5.82 Å². The highest BCUT2D eigenvalue weighted by molar-refractivity contribution is 5.79. The van der Waals surface area contributed by atoms with Crippen LogP contribution in [0, 0.1) is 0 Å². The lowest BCUT2D eigenvalue weighted by atomic mass is 10.2. The zero-order valence-corrected chi connectivity index (χ0v) is 18.3. The van der Waals surface area contributed by atoms with Crippen molar-refractivity contribution in [2.24, 2.45) is 4.99 Å². The lowest BCUT2D eigenvalue weighted by Crippen LogP contribution is -2.38. The lowest BCUT2D eigenvalue weighted by molar-refractivity contribution is 0.282. The summed E-state index contributed by atoms with van der Waals surface area (Å²) in [6.45, 7) is 7.73. The van der Waals surface area contributed by atoms with Gasteiger partial charge in [-0.2, -0.15) is 0 Å². The van der Waals surface area contributed by atoms with Crippen molar-refractivity contribution in [1.29, 1.82) is 0 Å². The van der Waals surface area contributed by atoms with Crippen LogP contribution in [0.15, 0.2) is 23.3 Å². The highest BCUT2D eigenvalue weighted by Crippen LogP contribution is 2.18. The van der Waals surface area contributed by atoms with Crippen LogP contribution in [0.3, 0.4) is 0 Å². The Morgan fingerprint density at radius 1 is 0.966 bits per heavy atom. The van der Waals surface area contributed by atoms with Crippen molar-refractivity contribution in [2.45, 2.75) is 64.3 Å². The number of pyridine rings is 1. The van der Waals surface area contributed by atoms with E-state index in [2.05, 4.69) is 42.5 Å². The van der Waals surface area contributed by atoms with Crippen LogP contribution in [0.1, 0.15) is 63.4 Å². The SMILES string of the molecule is CN=C(NCCCN1CCCCCC1)NCc1ccnc(N2CCCCCC2)c1. The fourth-order valence-electron chi connectivity index (χ4n) is 4.32. The first-order valence-corrected chi connectivity index (χ1v) is 11.7. The van der Waals surface area contributed by atoms with Crippen LogP contribution in [-0.2, 0) is 6.54 Å². The highest BCUT2D eigenvalue weighted by Gasteiger charge is 2.12. The molecule has 6 nitrogen and oxygen atoms in total. The molecule has 3 rings (SSSR count). The molecule has 2 aliphatic rings. The maximum atomic E-state index is 4.61. The summed E-state index contributed by atoms with van der Waals surface area (Å²) in [7, 11) is 1.85. The standard InChI is InChI=1S/C23H40N6/c1-24-23(26-12-10-16-28-14-6-2-3-7-15-28)27-20-21-11-13-25-22(19-21)29-17-8-4-5-9-18-29/h11,13,19H,2-10,12,14-18,20H2,1H3,(H2,24,26,27). The largest absolute Gasteiger partial charge is 0.357 e. The molecule has 0 spiro atoms. The monoisotopic (exact) mass is 400 g/mol. The smallest absolute Gasteiger partial charge is 0.191 e. The maximum absolute atomic E-state index is 4.61. The van der Waals surface area contributed by atoms with Crippen molar-refractivity contribution in [3.05, 3.63) is 23.9 Å². The Morgan fingerprint density at radius 3 is 2.34 bits per heavy atom. The van der Waals surface area contributed by atoms with Crippen molar-refractivity contribution in [2.75, 3.05) is 51.2 Å². The molecule has 2 saturated heterocycles.